The van der Waals surface area contributed by atoms with Crippen molar-refractivity contribution >= 4 is 30.4 Å². The Morgan fingerprint density at radius 3 is 1.38 bits per heavy atom. The zero-order chi connectivity index (χ0) is 44.8. The molecular weight excluding hydrogens is 826 g/mol. The third-order valence-electron chi connectivity index (χ3n) is 9.01. The maximum absolute atomic E-state index is 13.6. The van der Waals surface area contributed by atoms with E-state index in [1.165, 1.54) is 95.3 Å². The number of carbonyl (C=O) groups excluding carboxylic acids is 3. The van der Waals surface area contributed by atoms with Crippen LogP contribution in [0.2, 0.25) is 0 Å². The number of carbonyl (C=O) groups is 3. The molecule has 0 saturated heterocycles. The number of amides is 1. The predicted octanol–water partition coefficient (Wildman–Crippen LogP) is 6.83. The molecular formula is C41H47ClF6N4O8. The average molecular weight is 873 g/mol. The molecule has 0 aliphatic carbocycles. The van der Waals surface area contributed by atoms with Crippen molar-refractivity contribution < 1.29 is 54.9 Å². The van der Waals surface area contributed by atoms with Crippen LogP contribution in [0.25, 0.3) is 22.3 Å². The number of ether oxygens (including phenoxy) is 3. The number of aromatic nitrogens is 2. The molecule has 4 rings (SSSR count). The number of halogens is 7. The van der Waals surface area contributed by atoms with Crippen LogP contribution < -0.4 is 22.2 Å². The number of alkyl halides is 6. The van der Waals surface area contributed by atoms with Crippen molar-refractivity contribution in [3.8, 4) is 22.3 Å². The summed E-state index contributed by atoms with van der Waals surface area (Å²) < 4.78 is 97.7. The number of aryl methyl sites for hydroxylation is 2. The molecule has 0 saturated carbocycles. The van der Waals surface area contributed by atoms with Gasteiger partial charge in [-0.15, -0.1) is 12.4 Å². The first kappa shape index (κ1) is 50.5. The van der Waals surface area contributed by atoms with Gasteiger partial charge in [0.25, 0.3) is 11.1 Å². The van der Waals surface area contributed by atoms with E-state index in [1.807, 2.05) is 0 Å². The van der Waals surface area contributed by atoms with E-state index in [0.29, 0.717) is 11.1 Å². The smallest absolute Gasteiger partial charge is 0.417 e. The minimum atomic E-state index is -4.71. The standard InChI is InChI=1S/C23H27F3N2O5.C18H19F3N2O3.ClH/c1-13-11-16(23(24,25)26)18(19(29)28(13)5)15-9-7-14(8-10-15)12-17(20(30)32-6)27-21(31)33-22(2,3)4;1-10-8-13(18(19,20)21)15(16(24)23(10)2)12-6-4-11(5-7-12)9-14(22)17(25)26-3;/h7-11,17H,12H2,1-6H3,(H,27,31);4-8,14H,9,22H2,1-3H3;1H. The Balaban J connectivity index is 0.000000418. The molecule has 60 heavy (non-hydrogen) atoms. The minimum absolute atomic E-state index is 0. The molecule has 0 fully saturated rings. The number of hydrogen-bond donors (Lipinski definition) is 2. The highest BCUT2D eigenvalue weighted by atomic mass is 35.5. The highest BCUT2D eigenvalue weighted by Gasteiger charge is 2.37. The zero-order valence-corrected chi connectivity index (χ0v) is 35.1. The lowest BCUT2D eigenvalue weighted by atomic mass is 9.97. The van der Waals surface area contributed by atoms with Crippen molar-refractivity contribution in [2.24, 2.45) is 19.8 Å². The van der Waals surface area contributed by atoms with Gasteiger partial charge in [0.15, 0.2) is 0 Å². The van der Waals surface area contributed by atoms with E-state index in [0.717, 1.165) is 16.7 Å². The van der Waals surface area contributed by atoms with Gasteiger partial charge in [-0.25, -0.2) is 9.59 Å². The fourth-order valence-electron chi connectivity index (χ4n) is 5.77. The molecule has 0 aliphatic heterocycles. The van der Waals surface area contributed by atoms with Crippen molar-refractivity contribution in [2.45, 2.75) is 77.5 Å². The fourth-order valence-corrected chi connectivity index (χ4v) is 5.77. The molecule has 12 nitrogen and oxygen atoms in total. The number of rotatable bonds is 9. The Hall–Kier alpha value is -5.62. The van der Waals surface area contributed by atoms with Gasteiger partial charge in [-0.05, 0) is 75.4 Å². The summed E-state index contributed by atoms with van der Waals surface area (Å²) in [5.41, 5.74) is 2.34. The van der Waals surface area contributed by atoms with Gasteiger partial charge in [0.2, 0.25) is 0 Å². The van der Waals surface area contributed by atoms with Gasteiger partial charge in [0.1, 0.15) is 17.7 Å². The van der Waals surface area contributed by atoms with E-state index in [2.05, 4.69) is 10.1 Å². The number of esters is 2. The molecule has 0 aliphatic rings. The van der Waals surface area contributed by atoms with Crippen LogP contribution in [0.1, 0.15) is 54.4 Å². The summed E-state index contributed by atoms with van der Waals surface area (Å²) in [5, 5.41) is 2.43. The fraction of sp³-hybridized carbons (Fsp3) is 0.390. The van der Waals surface area contributed by atoms with Gasteiger partial charge in [-0.1, -0.05) is 48.5 Å². The first-order valence-electron chi connectivity index (χ1n) is 17.8. The van der Waals surface area contributed by atoms with Crippen molar-refractivity contribution in [2.75, 3.05) is 14.2 Å². The van der Waals surface area contributed by atoms with Crippen LogP contribution >= 0.6 is 12.4 Å². The van der Waals surface area contributed by atoms with Crippen LogP contribution in [-0.4, -0.2) is 59.1 Å². The van der Waals surface area contributed by atoms with Gasteiger partial charge in [-0.2, -0.15) is 26.3 Å². The second-order valence-electron chi connectivity index (χ2n) is 14.5. The largest absolute Gasteiger partial charge is 0.468 e. The van der Waals surface area contributed by atoms with E-state index in [-0.39, 0.29) is 47.8 Å². The van der Waals surface area contributed by atoms with Crippen LogP contribution in [-0.2, 0) is 63.1 Å². The van der Waals surface area contributed by atoms with Crippen LogP contribution in [0.15, 0.2) is 70.3 Å². The van der Waals surface area contributed by atoms with Gasteiger partial charge in [0.05, 0.1) is 36.5 Å². The SMILES string of the molecule is COC(=O)C(Cc1ccc(-c2c(C(F)(F)F)cc(C)n(C)c2=O)cc1)NC(=O)OC(C)(C)C.COC(=O)C(N)Cc1ccc(-c2c(C(F)(F)F)cc(C)n(C)c2=O)cc1.Cl. The maximum Gasteiger partial charge on any atom is 0.417 e. The second kappa shape index (κ2) is 20.1. The Labute approximate surface area is 348 Å². The number of nitrogens with zero attached hydrogens (tertiary/aromatic N) is 2. The highest BCUT2D eigenvalue weighted by molar-refractivity contribution is 5.85. The Bertz CT molecular complexity index is 2280. The lowest BCUT2D eigenvalue weighted by molar-refractivity contribution is -0.143. The summed E-state index contributed by atoms with van der Waals surface area (Å²) in [6.07, 6.45) is -10.00. The molecule has 2 aromatic carbocycles. The van der Waals surface area contributed by atoms with Crippen molar-refractivity contribution in [1.29, 1.82) is 0 Å². The first-order chi connectivity index (χ1) is 27.2. The predicted molar refractivity (Wildman–Crippen MR) is 214 cm³/mol. The van der Waals surface area contributed by atoms with Crippen LogP contribution in [0.3, 0.4) is 0 Å². The van der Waals surface area contributed by atoms with E-state index < -0.39 is 81.4 Å². The van der Waals surface area contributed by atoms with E-state index in [4.69, 9.17) is 15.2 Å². The van der Waals surface area contributed by atoms with Crippen LogP contribution in [0, 0.1) is 13.8 Å². The van der Waals surface area contributed by atoms with E-state index >= 15 is 0 Å². The molecule has 4 aromatic rings. The number of methoxy groups -OCH3 is 2. The summed E-state index contributed by atoms with van der Waals surface area (Å²) in [7, 11) is 5.21. The Morgan fingerprint density at radius 2 is 1.05 bits per heavy atom. The number of nitrogens with two attached hydrogens (primary N) is 1. The van der Waals surface area contributed by atoms with Gasteiger partial charge < -0.3 is 34.4 Å². The number of nitrogens with one attached hydrogen (secondary N) is 1. The van der Waals surface area contributed by atoms with Crippen LogP contribution in [0.4, 0.5) is 31.1 Å². The van der Waals surface area contributed by atoms with Crippen LogP contribution in [0.5, 0.6) is 0 Å². The molecule has 3 N–H and O–H groups in total. The van der Waals surface area contributed by atoms with Crippen molar-refractivity contribution in [3.05, 3.63) is 115 Å². The monoisotopic (exact) mass is 872 g/mol. The highest BCUT2D eigenvalue weighted by Crippen LogP contribution is 2.37. The number of hydrogen-bond acceptors (Lipinski definition) is 9. The molecule has 2 aromatic heterocycles. The molecule has 19 heteroatoms. The number of benzene rings is 2. The van der Waals surface area contributed by atoms with Gasteiger partial charge >= 0.3 is 30.4 Å². The molecule has 2 unspecified atom stereocenters. The summed E-state index contributed by atoms with van der Waals surface area (Å²) in [6, 6.07) is 11.6. The van der Waals surface area contributed by atoms with E-state index in [9.17, 15) is 50.3 Å². The molecule has 328 valence electrons. The lowest BCUT2D eigenvalue weighted by Crippen LogP contribution is -2.45. The summed E-state index contributed by atoms with van der Waals surface area (Å²) in [6.45, 7) is 7.88. The molecule has 0 spiro atoms. The maximum atomic E-state index is 13.6. The van der Waals surface area contributed by atoms with E-state index in [1.54, 1.807) is 20.8 Å². The summed E-state index contributed by atoms with van der Waals surface area (Å²) >= 11 is 0. The second-order valence-corrected chi connectivity index (χ2v) is 14.5. The average Bonchev–Trinajstić information content (AvgIpc) is 3.14. The summed E-state index contributed by atoms with van der Waals surface area (Å²) in [4.78, 5) is 60.6. The minimum Gasteiger partial charge on any atom is -0.468 e. The first-order valence-corrected chi connectivity index (χ1v) is 17.8. The normalized spacial score (nSPS) is 12.5. The topological polar surface area (TPSA) is 161 Å². The number of alkyl carbamates (subject to hydrolysis) is 1. The molecule has 2 heterocycles. The summed E-state index contributed by atoms with van der Waals surface area (Å²) in [5.74, 6) is -1.29. The zero-order valence-electron chi connectivity index (χ0n) is 34.3. The molecule has 0 bridgehead atoms. The third-order valence-corrected chi connectivity index (χ3v) is 9.01. The molecule has 1 amide bonds. The lowest BCUT2D eigenvalue weighted by Gasteiger charge is -2.22. The Kier molecular flexibility index (Phi) is 16.9. The Morgan fingerprint density at radius 1 is 0.683 bits per heavy atom. The van der Waals surface area contributed by atoms with Crippen molar-refractivity contribution in [1.82, 2.24) is 14.5 Å². The third kappa shape index (κ3) is 12.9. The van der Waals surface area contributed by atoms with Gasteiger partial charge in [0, 0.05) is 31.9 Å². The molecule has 0 radical (unpaired) electrons. The van der Waals surface area contributed by atoms with Crippen molar-refractivity contribution in [3.63, 3.8) is 0 Å². The molecule has 2 atom stereocenters. The number of pyridine rings is 2. The quantitative estimate of drug-likeness (QED) is 0.104. The van der Waals surface area contributed by atoms with Gasteiger partial charge in [-0.3, -0.25) is 14.4 Å².